The maximum Gasteiger partial charge on any atom is 0.264 e. The lowest BCUT2D eigenvalue weighted by molar-refractivity contribution is -0.114. The SMILES string of the molecule is CCOc1cc2c(cc1NC(=O)CN(c1ccccc1)S(=O)(=O)c1cccc(C)c1)OC(C)C2. The first-order chi connectivity index (χ1) is 16.3. The summed E-state index contributed by atoms with van der Waals surface area (Å²) in [5, 5.41) is 2.83. The third-order valence-corrected chi connectivity index (χ3v) is 7.25. The summed E-state index contributed by atoms with van der Waals surface area (Å²) in [6, 6.07) is 18.8. The summed E-state index contributed by atoms with van der Waals surface area (Å²) in [5.41, 5.74) is 2.67. The van der Waals surface area contributed by atoms with Crippen LogP contribution in [0.4, 0.5) is 11.4 Å². The van der Waals surface area contributed by atoms with Crippen LogP contribution in [0.25, 0.3) is 0 Å². The molecule has 0 saturated heterocycles. The Hall–Kier alpha value is -3.52. The van der Waals surface area contributed by atoms with E-state index in [1.54, 1.807) is 48.5 Å². The van der Waals surface area contributed by atoms with Gasteiger partial charge in [0.05, 0.1) is 22.9 Å². The fourth-order valence-electron chi connectivity index (χ4n) is 3.94. The summed E-state index contributed by atoms with van der Waals surface area (Å²) in [6.07, 6.45) is 0.809. The minimum absolute atomic E-state index is 0.0449. The Bertz CT molecular complexity index is 1290. The second kappa shape index (κ2) is 9.77. The fraction of sp³-hybridized carbons (Fsp3) is 0.269. The van der Waals surface area contributed by atoms with E-state index in [0.717, 1.165) is 21.9 Å². The summed E-state index contributed by atoms with van der Waals surface area (Å²) in [4.78, 5) is 13.3. The number of hydrogen-bond donors (Lipinski definition) is 1. The van der Waals surface area contributed by atoms with Crippen LogP contribution < -0.4 is 19.1 Å². The molecule has 0 bridgehead atoms. The van der Waals surface area contributed by atoms with Gasteiger partial charge in [0.1, 0.15) is 24.1 Å². The van der Waals surface area contributed by atoms with Crippen LogP contribution in [0, 0.1) is 6.92 Å². The molecule has 0 radical (unpaired) electrons. The number of aryl methyl sites for hydroxylation is 1. The summed E-state index contributed by atoms with van der Waals surface area (Å²) < 4.78 is 39.7. The molecule has 1 N–H and O–H groups in total. The molecule has 7 nitrogen and oxygen atoms in total. The van der Waals surface area contributed by atoms with Crippen molar-refractivity contribution in [2.24, 2.45) is 0 Å². The van der Waals surface area contributed by atoms with Gasteiger partial charge in [0.15, 0.2) is 0 Å². The van der Waals surface area contributed by atoms with E-state index in [0.29, 0.717) is 29.5 Å². The summed E-state index contributed by atoms with van der Waals surface area (Å²) in [7, 11) is -3.98. The van der Waals surface area contributed by atoms with Crippen LogP contribution in [0.3, 0.4) is 0 Å². The molecule has 0 spiro atoms. The lowest BCUT2D eigenvalue weighted by Crippen LogP contribution is -2.38. The van der Waals surface area contributed by atoms with E-state index in [9.17, 15) is 13.2 Å². The minimum atomic E-state index is -3.98. The van der Waals surface area contributed by atoms with Gasteiger partial charge in [-0.1, -0.05) is 30.3 Å². The van der Waals surface area contributed by atoms with Crippen molar-refractivity contribution in [2.75, 3.05) is 22.8 Å². The number of fused-ring (bicyclic) bond motifs is 1. The highest BCUT2D eigenvalue weighted by atomic mass is 32.2. The zero-order valence-electron chi connectivity index (χ0n) is 19.4. The number of benzene rings is 3. The molecule has 1 aliphatic heterocycles. The third-order valence-electron chi connectivity index (χ3n) is 5.48. The van der Waals surface area contributed by atoms with Gasteiger partial charge in [-0.15, -0.1) is 0 Å². The number of anilines is 2. The maximum absolute atomic E-state index is 13.5. The van der Waals surface area contributed by atoms with Gasteiger partial charge in [-0.2, -0.15) is 0 Å². The molecule has 1 amide bonds. The van der Waals surface area contributed by atoms with Crippen LogP contribution in [-0.4, -0.2) is 33.6 Å². The van der Waals surface area contributed by atoms with Crippen LogP contribution in [0.15, 0.2) is 71.6 Å². The minimum Gasteiger partial charge on any atom is -0.492 e. The molecule has 1 atom stereocenters. The van der Waals surface area contributed by atoms with Gasteiger partial charge in [0, 0.05) is 18.1 Å². The van der Waals surface area contributed by atoms with E-state index in [1.807, 2.05) is 32.9 Å². The quantitative estimate of drug-likeness (QED) is 0.511. The fourth-order valence-corrected chi connectivity index (χ4v) is 5.47. The van der Waals surface area contributed by atoms with Gasteiger partial charge >= 0.3 is 0 Å². The van der Waals surface area contributed by atoms with Crippen LogP contribution >= 0.6 is 0 Å². The molecule has 3 aromatic rings. The number of hydrogen-bond acceptors (Lipinski definition) is 5. The molecule has 34 heavy (non-hydrogen) atoms. The summed E-state index contributed by atoms with van der Waals surface area (Å²) in [6.45, 7) is 5.69. The molecular weight excluding hydrogens is 452 g/mol. The molecular formula is C26H28N2O5S. The molecule has 8 heteroatoms. The Kier molecular flexibility index (Phi) is 6.79. The van der Waals surface area contributed by atoms with Crippen LogP contribution in [0.2, 0.25) is 0 Å². The van der Waals surface area contributed by atoms with E-state index in [1.165, 1.54) is 6.07 Å². The molecule has 0 saturated carbocycles. The number of nitrogens with zero attached hydrogens (tertiary/aromatic N) is 1. The van der Waals surface area contributed by atoms with Crippen molar-refractivity contribution in [1.82, 2.24) is 0 Å². The highest BCUT2D eigenvalue weighted by molar-refractivity contribution is 7.92. The first kappa shape index (κ1) is 23.6. The number of nitrogens with one attached hydrogen (secondary N) is 1. The van der Waals surface area contributed by atoms with Crippen molar-refractivity contribution >= 4 is 27.3 Å². The zero-order chi connectivity index (χ0) is 24.3. The van der Waals surface area contributed by atoms with Crippen molar-refractivity contribution in [3.8, 4) is 11.5 Å². The van der Waals surface area contributed by atoms with Crippen LogP contribution in [-0.2, 0) is 21.2 Å². The lowest BCUT2D eigenvalue weighted by atomic mass is 10.1. The van der Waals surface area contributed by atoms with E-state index >= 15 is 0 Å². The summed E-state index contributed by atoms with van der Waals surface area (Å²) >= 11 is 0. The zero-order valence-corrected chi connectivity index (χ0v) is 20.3. The smallest absolute Gasteiger partial charge is 0.264 e. The van der Waals surface area contributed by atoms with Crippen molar-refractivity contribution in [2.45, 2.75) is 38.2 Å². The number of amides is 1. The van der Waals surface area contributed by atoms with Gasteiger partial charge in [-0.25, -0.2) is 8.42 Å². The van der Waals surface area contributed by atoms with E-state index in [4.69, 9.17) is 9.47 Å². The highest BCUT2D eigenvalue weighted by Crippen LogP contribution is 2.38. The monoisotopic (exact) mass is 480 g/mol. The Morgan fingerprint density at radius 2 is 1.88 bits per heavy atom. The molecule has 4 rings (SSSR count). The van der Waals surface area contributed by atoms with E-state index in [2.05, 4.69) is 5.32 Å². The second-order valence-electron chi connectivity index (χ2n) is 8.23. The number of para-hydroxylation sites is 1. The Labute approximate surface area is 200 Å². The van der Waals surface area contributed by atoms with Gasteiger partial charge < -0.3 is 14.8 Å². The Balaban J connectivity index is 1.64. The summed E-state index contributed by atoms with van der Waals surface area (Å²) in [5.74, 6) is 0.727. The maximum atomic E-state index is 13.5. The van der Waals surface area contributed by atoms with Crippen LogP contribution in [0.5, 0.6) is 11.5 Å². The molecule has 1 unspecified atom stereocenters. The molecule has 1 aliphatic rings. The van der Waals surface area contributed by atoms with Gasteiger partial charge in [0.2, 0.25) is 5.91 Å². The van der Waals surface area contributed by atoms with E-state index in [-0.39, 0.29) is 11.0 Å². The highest BCUT2D eigenvalue weighted by Gasteiger charge is 2.28. The van der Waals surface area contributed by atoms with Gasteiger partial charge in [0.25, 0.3) is 10.0 Å². The number of ether oxygens (including phenoxy) is 2. The molecule has 178 valence electrons. The van der Waals surface area contributed by atoms with Crippen molar-refractivity contribution in [1.29, 1.82) is 0 Å². The Morgan fingerprint density at radius 3 is 2.59 bits per heavy atom. The number of carbonyl (C=O) groups is 1. The molecule has 0 aromatic heterocycles. The average molecular weight is 481 g/mol. The standard InChI is InChI=1S/C26H28N2O5S/c1-4-32-25-15-20-14-19(3)33-24(20)16-23(25)27-26(29)17-28(21-10-6-5-7-11-21)34(30,31)22-12-8-9-18(2)13-22/h5-13,15-16,19H,4,14,17H2,1-3H3,(H,27,29). The Morgan fingerprint density at radius 1 is 1.12 bits per heavy atom. The van der Waals surface area contributed by atoms with Gasteiger partial charge in [-0.3, -0.25) is 9.10 Å². The first-order valence-corrected chi connectivity index (χ1v) is 12.6. The number of rotatable bonds is 8. The largest absolute Gasteiger partial charge is 0.492 e. The van der Waals surface area contributed by atoms with Crippen molar-refractivity contribution in [3.05, 3.63) is 77.9 Å². The van der Waals surface area contributed by atoms with Gasteiger partial charge in [-0.05, 0) is 56.7 Å². The molecule has 1 heterocycles. The van der Waals surface area contributed by atoms with E-state index < -0.39 is 22.5 Å². The molecule has 0 aliphatic carbocycles. The number of sulfonamides is 1. The number of carbonyl (C=O) groups excluding carboxylic acids is 1. The molecule has 3 aromatic carbocycles. The van der Waals surface area contributed by atoms with Crippen LogP contribution in [0.1, 0.15) is 25.0 Å². The third kappa shape index (κ3) is 5.02. The first-order valence-electron chi connectivity index (χ1n) is 11.2. The van der Waals surface area contributed by atoms with Crippen molar-refractivity contribution in [3.63, 3.8) is 0 Å². The average Bonchev–Trinajstić information content (AvgIpc) is 3.17. The molecule has 0 fully saturated rings. The second-order valence-corrected chi connectivity index (χ2v) is 10.1. The normalized spacial score (nSPS) is 14.7. The van der Waals surface area contributed by atoms with Crippen molar-refractivity contribution < 1.29 is 22.7 Å². The predicted octanol–water partition coefficient (Wildman–Crippen LogP) is 4.55. The lowest BCUT2D eigenvalue weighted by Gasteiger charge is -2.24. The predicted molar refractivity (Wildman–Crippen MR) is 132 cm³/mol. The topological polar surface area (TPSA) is 84.9 Å².